The first-order chi connectivity index (χ1) is 8.60. The first-order valence-corrected chi connectivity index (χ1v) is 6.69. The van der Waals surface area contributed by atoms with Gasteiger partial charge in [0.1, 0.15) is 11.6 Å². The molecular weight excluding hydrogens is 226 g/mol. The fourth-order valence-corrected chi connectivity index (χ4v) is 2.09. The Balaban J connectivity index is 2.03. The number of hydrogen-bond donors (Lipinski definition) is 2. The summed E-state index contributed by atoms with van der Waals surface area (Å²) in [5.74, 6) is 3.71. The molecule has 5 heteroatoms. The predicted molar refractivity (Wildman–Crippen MR) is 75.8 cm³/mol. The molecule has 0 bridgehead atoms. The third kappa shape index (κ3) is 3.24. The predicted octanol–water partition coefficient (Wildman–Crippen LogP) is 1.97. The van der Waals surface area contributed by atoms with Crippen LogP contribution in [-0.2, 0) is 0 Å². The molecule has 1 saturated carbocycles. The Hall–Kier alpha value is -1.52. The zero-order chi connectivity index (χ0) is 13.1. The maximum Gasteiger partial charge on any atom is 0.223 e. The number of nitrogens with two attached hydrogens (primary N) is 1. The minimum absolute atomic E-state index is 0.335. The largest absolute Gasteiger partial charge is 0.370 e. The van der Waals surface area contributed by atoms with E-state index in [4.69, 9.17) is 5.73 Å². The Morgan fingerprint density at radius 2 is 2.22 bits per heavy atom. The van der Waals surface area contributed by atoms with Crippen molar-refractivity contribution in [1.29, 1.82) is 0 Å². The minimum atomic E-state index is 0.335. The van der Waals surface area contributed by atoms with E-state index in [9.17, 15) is 0 Å². The molecule has 1 aliphatic carbocycles. The van der Waals surface area contributed by atoms with Gasteiger partial charge in [-0.2, -0.15) is 9.97 Å². The minimum Gasteiger partial charge on any atom is -0.370 e. The Morgan fingerprint density at radius 1 is 1.50 bits per heavy atom. The van der Waals surface area contributed by atoms with E-state index in [0.29, 0.717) is 5.95 Å². The molecule has 2 atom stereocenters. The summed E-state index contributed by atoms with van der Waals surface area (Å²) in [6, 6.07) is 1.97. The molecule has 1 aromatic rings. The summed E-state index contributed by atoms with van der Waals surface area (Å²) in [4.78, 5) is 10.7. The third-order valence-corrected chi connectivity index (χ3v) is 3.46. The molecule has 0 radical (unpaired) electrons. The highest BCUT2D eigenvalue weighted by Gasteiger charge is 2.33. The number of anilines is 3. The summed E-state index contributed by atoms with van der Waals surface area (Å²) in [5.41, 5.74) is 5.75. The maximum atomic E-state index is 5.75. The van der Waals surface area contributed by atoms with Crippen LogP contribution in [0.25, 0.3) is 0 Å². The summed E-state index contributed by atoms with van der Waals surface area (Å²) in [6.07, 6.45) is 2.39. The summed E-state index contributed by atoms with van der Waals surface area (Å²) in [5, 5.41) is 3.25. The zero-order valence-electron chi connectivity index (χ0n) is 11.5. The summed E-state index contributed by atoms with van der Waals surface area (Å²) < 4.78 is 0. The van der Waals surface area contributed by atoms with Crippen LogP contribution in [0.5, 0.6) is 0 Å². The van der Waals surface area contributed by atoms with E-state index in [-0.39, 0.29) is 0 Å². The van der Waals surface area contributed by atoms with Crippen molar-refractivity contribution in [2.45, 2.75) is 26.7 Å². The lowest BCUT2D eigenvalue weighted by atomic mass is 10.3. The van der Waals surface area contributed by atoms with Crippen LogP contribution in [0, 0.1) is 11.8 Å². The molecule has 3 N–H and O–H groups in total. The van der Waals surface area contributed by atoms with E-state index in [0.717, 1.165) is 43.0 Å². The Kier molecular flexibility index (Phi) is 3.89. The van der Waals surface area contributed by atoms with Crippen molar-refractivity contribution in [2.24, 2.45) is 11.8 Å². The first kappa shape index (κ1) is 12.9. The summed E-state index contributed by atoms with van der Waals surface area (Å²) in [7, 11) is 2.07. The van der Waals surface area contributed by atoms with Crippen molar-refractivity contribution < 1.29 is 0 Å². The van der Waals surface area contributed by atoms with Crippen LogP contribution < -0.4 is 16.0 Å². The van der Waals surface area contributed by atoms with Gasteiger partial charge in [-0.15, -0.1) is 0 Å². The first-order valence-electron chi connectivity index (χ1n) is 6.69. The number of nitrogens with zero attached hydrogens (tertiary/aromatic N) is 3. The number of nitrogen functional groups attached to an aromatic ring is 1. The van der Waals surface area contributed by atoms with Crippen LogP contribution in [0.15, 0.2) is 6.07 Å². The molecule has 2 rings (SSSR count). The highest BCUT2D eigenvalue weighted by atomic mass is 15.2. The molecule has 5 nitrogen and oxygen atoms in total. The molecule has 0 spiro atoms. The van der Waals surface area contributed by atoms with Gasteiger partial charge < -0.3 is 16.0 Å². The lowest BCUT2D eigenvalue weighted by Gasteiger charge is -2.19. The highest BCUT2D eigenvalue weighted by Crippen LogP contribution is 2.38. The van der Waals surface area contributed by atoms with Gasteiger partial charge in [-0.25, -0.2) is 0 Å². The van der Waals surface area contributed by atoms with Crippen molar-refractivity contribution in [2.75, 3.05) is 36.1 Å². The second kappa shape index (κ2) is 5.42. The van der Waals surface area contributed by atoms with Gasteiger partial charge in [-0.1, -0.05) is 13.8 Å². The molecule has 100 valence electrons. The molecule has 1 aromatic heterocycles. The quantitative estimate of drug-likeness (QED) is 0.807. The van der Waals surface area contributed by atoms with Gasteiger partial charge in [-0.05, 0) is 24.7 Å². The Bertz CT molecular complexity index is 406. The second-order valence-corrected chi connectivity index (χ2v) is 5.25. The van der Waals surface area contributed by atoms with Gasteiger partial charge in [0, 0.05) is 26.2 Å². The van der Waals surface area contributed by atoms with Crippen molar-refractivity contribution in [3.05, 3.63) is 6.07 Å². The standard InChI is InChI=1S/C13H23N5/c1-4-5-15-11-7-12(17-13(14)16-11)18(3)8-10-6-9(10)2/h7,9-10H,4-6,8H2,1-3H3,(H3,14,15,16,17). The van der Waals surface area contributed by atoms with Gasteiger partial charge in [0.2, 0.25) is 5.95 Å². The molecule has 0 amide bonds. The summed E-state index contributed by atoms with van der Waals surface area (Å²) >= 11 is 0. The SMILES string of the molecule is CCCNc1cc(N(C)CC2CC2C)nc(N)n1. The molecule has 0 aromatic carbocycles. The smallest absolute Gasteiger partial charge is 0.223 e. The lowest BCUT2D eigenvalue weighted by molar-refractivity contribution is 0.719. The van der Waals surface area contributed by atoms with Crippen LogP contribution in [0.4, 0.5) is 17.6 Å². The maximum absolute atomic E-state index is 5.75. The molecule has 2 unspecified atom stereocenters. The van der Waals surface area contributed by atoms with E-state index in [1.165, 1.54) is 6.42 Å². The van der Waals surface area contributed by atoms with E-state index in [1.54, 1.807) is 0 Å². The van der Waals surface area contributed by atoms with Crippen LogP contribution >= 0.6 is 0 Å². The lowest BCUT2D eigenvalue weighted by Crippen LogP contribution is -2.22. The van der Waals surface area contributed by atoms with Crippen LogP contribution in [0.1, 0.15) is 26.7 Å². The van der Waals surface area contributed by atoms with Gasteiger partial charge in [0.25, 0.3) is 0 Å². The highest BCUT2D eigenvalue weighted by molar-refractivity contribution is 5.52. The molecule has 0 aliphatic heterocycles. The van der Waals surface area contributed by atoms with Gasteiger partial charge in [-0.3, -0.25) is 0 Å². The fraction of sp³-hybridized carbons (Fsp3) is 0.692. The van der Waals surface area contributed by atoms with Crippen molar-refractivity contribution in [1.82, 2.24) is 9.97 Å². The average molecular weight is 249 g/mol. The third-order valence-electron chi connectivity index (χ3n) is 3.46. The summed E-state index contributed by atoms with van der Waals surface area (Å²) in [6.45, 7) is 6.37. The Morgan fingerprint density at radius 3 is 2.83 bits per heavy atom. The van der Waals surface area contributed by atoms with E-state index < -0.39 is 0 Å². The second-order valence-electron chi connectivity index (χ2n) is 5.25. The van der Waals surface area contributed by atoms with Crippen molar-refractivity contribution in [3.8, 4) is 0 Å². The normalized spacial score (nSPS) is 21.7. The van der Waals surface area contributed by atoms with Gasteiger partial charge >= 0.3 is 0 Å². The van der Waals surface area contributed by atoms with E-state index >= 15 is 0 Å². The number of aromatic nitrogens is 2. The van der Waals surface area contributed by atoms with Crippen LogP contribution in [0.3, 0.4) is 0 Å². The number of nitrogens with one attached hydrogen (secondary N) is 1. The molecular formula is C13H23N5. The van der Waals surface area contributed by atoms with Crippen LogP contribution in [0.2, 0.25) is 0 Å². The van der Waals surface area contributed by atoms with E-state index in [2.05, 4.69) is 41.1 Å². The van der Waals surface area contributed by atoms with Gasteiger partial charge in [0.05, 0.1) is 0 Å². The number of hydrogen-bond acceptors (Lipinski definition) is 5. The van der Waals surface area contributed by atoms with Crippen molar-refractivity contribution in [3.63, 3.8) is 0 Å². The molecule has 18 heavy (non-hydrogen) atoms. The Labute approximate surface area is 109 Å². The molecule has 1 aliphatic rings. The van der Waals surface area contributed by atoms with E-state index in [1.807, 2.05) is 6.07 Å². The fourth-order valence-electron chi connectivity index (χ4n) is 2.09. The average Bonchev–Trinajstić information content (AvgIpc) is 3.01. The molecule has 1 heterocycles. The molecule has 0 saturated heterocycles. The number of rotatable bonds is 6. The monoisotopic (exact) mass is 249 g/mol. The topological polar surface area (TPSA) is 67.1 Å². The zero-order valence-corrected chi connectivity index (χ0v) is 11.5. The van der Waals surface area contributed by atoms with Crippen molar-refractivity contribution >= 4 is 17.6 Å². The van der Waals surface area contributed by atoms with Crippen LogP contribution in [-0.4, -0.2) is 30.1 Å². The molecule has 1 fully saturated rings. The van der Waals surface area contributed by atoms with Gasteiger partial charge in [0.15, 0.2) is 0 Å².